The molecule has 1 aliphatic rings. The van der Waals surface area contributed by atoms with Crippen LogP contribution in [0.15, 0.2) is 24.3 Å². The van der Waals surface area contributed by atoms with Gasteiger partial charge in [-0.3, -0.25) is 0 Å². The minimum atomic E-state index is 0.562. The summed E-state index contributed by atoms with van der Waals surface area (Å²) in [6, 6.07) is 10.1. The van der Waals surface area contributed by atoms with Crippen LogP contribution in [0.4, 0.5) is 5.69 Å². The van der Waals surface area contributed by atoms with E-state index in [9.17, 15) is 0 Å². The Hall–Kier alpha value is -1.02. The molecular weight excluding hydrogens is 232 g/mol. The highest BCUT2D eigenvalue weighted by Gasteiger charge is 2.22. The van der Waals surface area contributed by atoms with Crippen LogP contribution >= 0.6 is 0 Å². The van der Waals surface area contributed by atoms with Crippen LogP contribution in [0, 0.1) is 0 Å². The molecule has 0 atom stereocenters. The highest BCUT2D eigenvalue weighted by molar-refractivity contribution is 5.49. The molecular formula is C17H28N2. The van der Waals surface area contributed by atoms with E-state index in [-0.39, 0.29) is 0 Å². The van der Waals surface area contributed by atoms with Crippen LogP contribution < -0.4 is 10.6 Å². The monoisotopic (exact) mass is 260 g/mol. The Morgan fingerprint density at radius 2 is 1.63 bits per heavy atom. The van der Waals surface area contributed by atoms with Crippen molar-refractivity contribution in [1.82, 2.24) is 0 Å². The minimum Gasteiger partial charge on any atom is -0.366 e. The average molecular weight is 260 g/mol. The van der Waals surface area contributed by atoms with Gasteiger partial charge in [0.25, 0.3) is 0 Å². The molecule has 0 heterocycles. The number of rotatable bonds is 4. The van der Waals surface area contributed by atoms with Crippen molar-refractivity contribution >= 4 is 5.69 Å². The summed E-state index contributed by atoms with van der Waals surface area (Å²) in [6.07, 6.45) is 8.28. The van der Waals surface area contributed by atoms with Crippen LogP contribution in [-0.4, -0.2) is 12.1 Å². The van der Waals surface area contributed by atoms with Gasteiger partial charge in [-0.1, -0.05) is 37.8 Å². The quantitative estimate of drug-likeness (QED) is 0.826. The summed E-state index contributed by atoms with van der Waals surface area (Å²) in [7, 11) is 0. The summed E-state index contributed by atoms with van der Waals surface area (Å²) in [5, 5.41) is 0. The lowest BCUT2D eigenvalue weighted by atomic mass is 10.0. The molecule has 1 fully saturated rings. The molecule has 0 unspecified atom stereocenters. The van der Waals surface area contributed by atoms with Crippen LogP contribution in [0.1, 0.15) is 57.9 Å². The first-order valence-corrected chi connectivity index (χ1v) is 7.79. The Balaban J connectivity index is 2.17. The molecule has 1 aliphatic carbocycles. The molecule has 1 aromatic rings. The highest BCUT2D eigenvalue weighted by atomic mass is 15.2. The number of hydrogen-bond donors (Lipinski definition) is 1. The van der Waals surface area contributed by atoms with Crippen molar-refractivity contribution in [2.45, 2.75) is 71.0 Å². The van der Waals surface area contributed by atoms with Crippen LogP contribution in [0.2, 0.25) is 0 Å². The second-order valence-electron chi connectivity index (χ2n) is 6.02. The van der Waals surface area contributed by atoms with Crippen molar-refractivity contribution in [3.8, 4) is 0 Å². The fourth-order valence-corrected chi connectivity index (χ4v) is 3.27. The zero-order chi connectivity index (χ0) is 13.7. The molecule has 0 bridgehead atoms. The van der Waals surface area contributed by atoms with Gasteiger partial charge in [0.15, 0.2) is 0 Å². The van der Waals surface area contributed by atoms with Gasteiger partial charge < -0.3 is 10.6 Å². The van der Waals surface area contributed by atoms with Gasteiger partial charge in [-0.05, 0) is 44.4 Å². The van der Waals surface area contributed by atoms with E-state index >= 15 is 0 Å². The maximum absolute atomic E-state index is 5.69. The molecule has 0 amide bonds. The molecule has 1 saturated carbocycles. The van der Waals surface area contributed by atoms with Gasteiger partial charge in [-0.15, -0.1) is 0 Å². The standard InChI is InChI=1S/C17H28N2/c1-14(2)19(16-7-5-3-4-6-8-16)17-11-9-15(13-18)10-12-17/h9-12,14,16H,3-8,13,18H2,1-2H3. The van der Waals surface area contributed by atoms with E-state index in [2.05, 4.69) is 43.0 Å². The summed E-state index contributed by atoms with van der Waals surface area (Å²) in [4.78, 5) is 2.62. The van der Waals surface area contributed by atoms with E-state index in [0.29, 0.717) is 18.6 Å². The van der Waals surface area contributed by atoms with E-state index in [1.807, 2.05) is 0 Å². The maximum Gasteiger partial charge on any atom is 0.0371 e. The maximum atomic E-state index is 5.69. The van der Waals surface area contributed by atoms with Crippen molar-refractivity contribution in [3.63, 3.8) is 0 Å². The largest absolute Gasteiger partial charge is 0.366 e. The molecule has 19 heavy (non-hydrogen) atoms. The average Bonchev–Trinajstić information content (AvgIpc) is 2.68. The topological polar surface area (TPSA) is 29.3 Å². The van der Waals surface area contributed by atoms with E-state index in [0.717, 1.165) is 0 Å². The first kappa shape index (κ1) is 14.4. The van der Waals surface area contributed by atoms with E-state index in [1.54, 1.807) is 0 Å². The zero-order valence-corrected chi connectivity index (χ0v) is 12.4. The van der Waals surface area contributed by atoms with Crippen molar-refractivity contribution in [2.75, 3.05) is 4.90 Å². The van der Waals surface area contributed by atoms with Crippen molar-refractivity contribution in [2.24, 2.45) is 5.73 Å². The predicted octanol–water partition coefficient (Wildman–Crippen LogP) is 4.08. The number of nitrogens with two attached hydrogens (primary N) is 1. The van der Waals surface area contributed by atoms with Crippen molar-refractivity contribution < 1.29 is 0 Å². The highest BCUT2D eigenvalue weighted by Crippen LogP contribution is 2.28. The zero-order valence-electron chi connectivity index (χ0n) is 12.4. The molecule has 0 aliphatic heterocycles. The molecule has 0 spiro atoms. The Morgan fingerprint density at radius 3 is 2.11 bits per heavy atom. The first-order chi connectivity index (χ1) is 9.22. The number of anilines is 1. The smallest absolute Gasteiger partial charge is 0.0371 e. The van der Waals surface area contributed by atoms with Gasteiger partial charge >= 0.3 is 0 Å². The molecule has 1 aromatic carbocycles. The normalized spacial score (nSPS) is 17.5. The van der Waals surface area contributed by atoms with Gasteiger partial charge in [0.05, 0.1) is 0 Å². The van der Waals surface area contributed by atoms with Gasteiger partial charge in [0.2, 0.25) is 0 Å². The molecule has 2 heteroatoms. The van der Waals surface area contributed by atoms with Gasteiger partial charge in [-0.25, -0.2) is 0 Å². The SMILES string of the molecule is CC(C)N(c1ccc(CN)cc1)C1CCCCCC1. The Kier molecular flexibility index (Phi) is 5.26. The predicted molar refractivity (Wildman–Crippen MR) is 83.4 cm³/mol. The Morgan fingerprint density at radius 1 is 1.05 bits per heavy atom. The van der Waals surface area contributed by atoms with Crippen LogP contribution in [-0.2, 0) is 6.54 Å². The fraction of sp³-hybridized carbons (Fsp3) is 0.647. The number of hydrogen-bond acceptors (Lipinski definition) is 2. The summed E-state index contributed by atoms with van der Waals surface area (Å²) in [5.41, 5.74) is 8.26. The Bertz CT molecular complexity index is 361. The fourth-order valence-electron chi connectivity index (χ4n) is 3.27. The summed E-state index contributed by atoms with van der Waals surface area (Å²) >= 11 is 0. The first-order valence-electron chi connectivity index (χ1n) is 7.79. The van der Waals surface area contributed by atoms with E-state index in [4.69, 9.17) is 5.73 Å². The summed E-state index contributed by atoms with van der Waals surface area (Å²) in [5.74, 6) is 0. The van der Waals surface area contributed by atoms with Crippen LogP contribution in [0.3, 0.4) is 0 Å². The molecule has 2 nitrogen and oxygen atoms in total. The van der Waals surface area contributed by atoms with Crippen LogP contribution in [0.5, 0.6) is 0 Å². The molecule has 2 N–H and O–H groups in total. The van der Waals surface area contributed by atoms with Crippen LogP contribution in [0.25, 0.3) is 0 Å². The lowest BCUT2D eigenvalue weighted by Gasteiger charge is -2.37. The third-order valence-corrected chi connectivity index (χ3v) is 4.24. The van der Waals surface area contributed by atoms with Crippen molar-refractivity contribution in [1.29, 1.82) is 0 Å². The number of benzene rings is 1. The summed E-state index contributed by atoms with van der Waals surface area (Å²) in [6.45, 7) is 5.24. The molecule has 0 radical (unpaired) electrons. The van der Waals surface area contributed by atoms with E-state index < -0.39 is 0 Å². The van der Waals surface area contributed by atoms with Crippen molar-refractivity contribution in [3.05, 3.63) is 29.8 Å². The lowest BCUT2D eigenvalue weighted by Crippen LogP contribution is -2.40. The lowest BCUT2D eigenvalue weighted by molar-refractivity contribution is 0.491. The van der Waals surface area contributed by atoms with Gasteiger partial charge in [0, 0.05) is 24.3 Å². The third-order valence-electron chi connectivity index (χ3n) is 4.24. The Labute approximate surface area is 118 Å². The summed E-state index contributed by atoms with van der Waals surface area (Å²) < 4.78 is 0. The molecule has 2 rings (SSSR count). The molecule has 0 aromatic heterocycles. The van der Waals surface area contributed by atoms with E-state index in [1.165, 1.54) is 49.8 Å². The van der Waals surface area contributed by atoms with Gasteiger partial charge in [0.1, 0.15) is 0 Å². The third kappa shape index (κ3) is 3.73. The molecule has 0 saturated heterocycles. The minimum absolute atomic E-state index is 0.562. The number of nitrogens with zero attached hydrogens (tertiary/aromatic N) is 1. The van der Waals surface area contributed by atoms with Gasteiger partial charge in [-0.2, -0.15) is 0 Å². The molecule has 106 valence electrons. The second-order valence-corrected chi connectivity index (χ2v) is 6.02. The second kappa shape index (κ2) is 6.95.